The Morgan fingerprint density at radius 2 is 1.91 bits per heavy atom. The lowest BCUT2D eigenvalue weighted by atomic mass is 10.2. The van der Waals surface area contributed by atoms with Crippen molar-refractivity contribution in [2.75, 3.05) is 30.5 Å². The van der Waals surface area contributed by atoms with Crippen molar-refractivity contribution in [2.45, 2.75) is 25.9 Å². The highest BCUT2D eigenvalue weighted by atomic mass is 79.9. The van der Waals surface area contributed by atoms with E-state index in [-0.39, 0.29) is 18.3 Å². The summed E-state index contributed by atoms with van der Waals surface area (Å²) in [6.07, 6.45) is 1.69. The zero-order chi connectivity index (χ0) is 24.1. The molecule has 0 aliphatic carbocycles. The number of carbonyl (C=O) groups excluding carboxylic acids is 3. The fourth-order valence-corrected chi connectivity index (χ4v) is 4.09. The van der Waals surface area contributed by atoms with E-state index in [0.29, 0.717) is 35.6 Å². The molecule has 10 heteroatoms. The number of hydrogen-bond donors (Lipinski definition) is 3. The maximum atomic E-state index is 13.1. The second-order valence-corrected chi connectivity index (χ2v) is 8.68. The monoisotopic (exact) mass is 528 g/mol. The third-order valence-corrected chi connectivity index (χ3v) is 5.85. The largest absolute Gasteiger partial charge is 0.494 e. The molecule has 1 aliphatic rings. The third-order valence-electron chi connectivity index (χ3n) is 5.35. The van der Waals surface area contributed by atoms with Crippen molar-refractivity contribution in [3.05, 3.63) is 58.7 Å². The minimum Gasteiger partial charge on any atom is -0.494 e. The maximum Gasteiger partial charge on any atom is 0.328 e. The van der Waals surface area contributed by atoms with Crippen molar-refractivity contribution in [1.29, 1.82) is 0 Å². The number of rotatable bonds is 7. The van der Waals surface area contributed by atoms with E-state index >= 15 is 0 Å². The third kappa shape index (κ3) is 5.57. The zero-order valence-corrected chi connectivity index (χ0v) is 20.2. The molecule has 1 aliphatic heterocycles. The molecule has 2 aromatic carbocycles. The van der Waals surface area contributed by atoms with E-state index in [0.717, 1.165) is 17.3 Å². The summed E-state index contributed by atoms with van der Waals surface area (Å²) in [6, 6.07) is 14.0. The Morgan fingerprint density at radius 3 is 2.62 bits per heavy atom. The smallest absolute Gasteiger partial charge is 0.328 e. The average Bonchev–Trinajstić information content (AvgIpc) is 3.47. The van der Waals surface area contributed by atoms with Gasteiger partial charge in [0.1, 0.15) is 11.4 Å². The summed E-state index contributed by atoms with van der Waals surface area (Å²) >= 11 is 3.42. The van der Waals surface area contributed by atoms with E-state index in [4.69, 9.17) is 9.47 Å². The van der Waals surface area contributed by atoms with E-state index in [1.165, 1.54) is 4.68 Å². The predicted octanol–water partition coefficient (Wildman–Crippen LogP) is 3.42. The first-order chi connectivity index (χ1) is 16.4. The van der Waals surface area contributed by atoms with Crippen molar-refractivity contribution in [3.63, 3.8) is 0 Å². The number of halogens is 1. The lowest BCUT2D eigenvalue weighted by Gasteiger charge is -2.14. The van der Waals surface area contributed by atoms with Crippen LogP contribution >= 0.6 is 15.9 Å². The lowest BCUT2D eigenvalue weighted by Crippen LogP contribution is -2.42. The van der Waals surface area contributed by atoms with Gasteiger partial charge < -0.3 is 20.1 Å². The summed E-state index contributed by atoms with van der Waals surface area (Å²) in [4.78, 5) is 38.1. The van der Waals surface area contributed by atoms with Crippen molar-refractivity contribution in [1.82, 2.24) is 9.99 Å². The Labute approximate surface area is 204 Å². The summed E-state index contributed by atoms with van der Waals surface area (Å²) in [6.45, 7) is 3.35. The number of nitrogens with zero attached hydrogens (tertiary/aromatic N) is 1. The van der Waals surface area contributed by atoms with Gasteiger partial charge in [0.05, 0.1) is 18.2 Å². The molecule has 0 spiro atoms. The molecule has 1 atom stereocenters. The highest BCUT2D eigenvalue weighted by molar-refractivity contribution is 9.10. The average molecular weight is 529 g/mol. The van der Waals surface area contributed by atoms with Gasteiger partial charge in [0, 0.05) is 28.7 Å². The van der Waals surface area contributed by atoms with Gasteiger partial charge in [-0.15, -0.1) is 0 Å². The van der Waals surface area contributed by atoms with E-state index in [1.807, 2.05) is 13.0 Å². The van der Waals surface area contributed by atoms with Crippen molar-refractivity contribution < 1.29 is 23.9 Å². The molecule has 0 bridgehead atoms. The van der Waals surface area contributed by atoms with Gasteiger partial charge in [-0.05, 0) is 68.3 Å². The number of fused-ring (bicyclic) bond motifs is 1. The Morgan fingerprint density at radius 1 is 1.12 bits per heavy atom. The minimum atomic E-state index is -0.881. The number of hydrogen-bond acceptors (Lipinski definition) is 5. The predicted molar refractivity (Wildman–Crippen MR) is 132 cm³/mol. The molecule has 9 nitrogen and oxygen atoms in total. The summed E-state index contributed by atoms with van der Waals surface area (Å²) in [5, 5.41) is 6.12. The molecule has 178 valence electrons. The molecule has 0 radical (unpaired) electrons. The highest BCUT2D eigenvalue weighted by Crippen LogP contribution is 2.24. The maximum absolute atomic E-state index is 13.1. The fraction of sp³-hybridized carbons (Fsp3) is 0.292. The molecular formula is C24H25BrN4O5. The van der Waals surface area contributed by atoms with E-state index < -0.39 is 17.7 Å². The molecule has 4 rings (SSSR count). The summed E-state index contributed by atoms with van der Waals surface area (Å²) in [5.74, 6) is -1.43. The Bertz CT molecular complexity index is 1200. The van der Waals surface area contributed by atoms with Crippen molar-refractivity contribution >= 4 is 50.2 Å². The lowest BCUT2D eigenvalue weighted by molar-refractivity contribution is -0.136. The Kier molecular flexibility index (Phi) is 7.49. The fourth-order valence-electron chi connectivity index (χ4n) is 3.71. The van der Waals surface area contributed by atoms with E-state index in [2.05, 4.69) is 32.0 Å². The first-order valence-corrected chi connectivity index (χ1v) is 11.8. The molecule has 3 N–H and O–H groups in total. The first kappa shape index (κ1) is 23.8. The van der Waals surface area contributed by atoms with Crippen LogP contribution in [0.4, 0.5) is 5.69 Å². The van der Waals surface area contributed by atoms with Gasteiger partial charge in [-0.3, -0.25) is 19.8 Å². The second-order valence-electron chi connectivity index (χ2n) is 7.77. The summed E-state index contributed by atoms with van der Waals surface area (Å²) in [7, 11) is 0. The van der Waals surface area contributed by atoms with Crippen LogP contribution in [0.5, 0.6) is 5.75 Å². The van der Waals surface area contributed by atoms with Crippen LogP contribution in [0.1, 0.15) is 30.3 Å². The minimum absolute atomic E-state index is 0.0861. The molecule has 3 amide bonds. The first-order valence-electron chi connectivity index (χ1n) is 11.0. The van der Waals surface area contributed by atoms with Crippen LogP contribution < -0.4 is 20.8 Å². The number of carbonyl (C=O) groups is 3. The Hall–Kier alpha value is -3.37. The molecule has 3 aromatic rings. The van der Waals surface area contributed by atoms with Gasteiger partial charge in [0.15, 0.2) is 0 Å². The van der Waals surface area contributed by atoms with Gasteiger partial charge in [-0.25, -0.2) is 4.68 Å². The van der Waals surface area contributed by atoms with Crippen LogP contribution in [0.3, 0.4) is 0 Å². The van der Waals surface area contributed by atoms with Crippen LogP contribution in [-0.2, 0) is 14.3 Å². The molecule has 0 saturated carbocycles. The molecule has 0 unspecified atom stereocenters. The van der Waals surface area contributed by atoms with Crippen molar-refractivity contribution in [3.8, 4) is 5.75 Å². The second kappa shape index (κ2) is 10.7. The summed E-state index contributed by atoms with van der Waals surface area (Å²) in [5.41, 5.74) is 3.85. The van der Waals surface area contributed by atoms with Crippen LogP contribution in [0, 0.1) is 0 Å². The Balaban J connectivity index is 1.53. The van der Waals surface area contributed by atoms with Gasteiger partial charge >= 0.3 is 11.8 Å². The van der Waals surface area contributed by atoms with E-state index in [1.54, 1.807) is 42.5 Å². The topological polar surface area (TPSA) is 111 Å². The van der Waals surface area contributed by atoms with Crippen LogP contribution in [0.15, 0.2) is 53.0 Å². The van der Waals surface area contributed by atoms with Crippen LogP contribution in [-0.4, -0.2) is 48.3 Å². The van der Waals surface area contributed by atoms with E-state index in [9.17, 15) is 14.4 Å². The highest BCUT2D eigenvalue weighted by Gasteiger charge is 2.23. The van der Waals surface area contributed by atoms with Crippen LogP contribution in [0.2, 0.25) is 0 Å². The normalized spacial score (nSPS) is 15.2. The standard InChI is InChI=1S/C24H25BrN4O5/c1-2-33-18-8-6-17(7-9-18)27-22(30)21-13-15-12-16(25)5-10-20(15)29(21)28-24(32)23(31)26-14-19-4-3-11-34-19/h5-10,12-13,19H,2-4,11,14H2,1H3,(H,26,31)(H,27,30)(H,28,32)/t19-/m0/s1. The SMILES string of the molecule is CCOc1ccc(NC(=O)c2cc3cc(Br)ccc3n2NC(=O)C(=O)NC[C@@H]2CCCO2)cc1. The number of anilines is 1. The zero-order valence-electron chi connectivity index (χ0n) is 18.6. The quantitative estimate of drug-likeness (QED) is 0.407. The number of benzene rings is 2. The van der Waals surface area contributed by atoms with Crippen molar-refractivity contribution in [2.24, 2.45) is 0 Å². The molecular weight excluding hydrogens is 504 g/mol. The molecule has 1 fully saturated rings. The van der Waals surface area contributed by atoms with Crippen LogP contribution in [0.25, 0.3) is 10.9 Å². The number of amides is 3. The molecule has 2 heterocycles. The summed E-state index contributed by atoms with van der Waals surface area (Å²) < 4.78 is 13.0. The molecule has 1 aromatic heterocycles. The van der Waals surface area contributed by atoms with Gasteiger partial charge in [0.25, 0.3) is 5.91 Å². The number of ether oxygens (including phenoxy) is 2. The number of aromatic nitrogens is 1. The number of nitrogens with one attached hydrogen (secondary N) is 3. The molecule has 1 saturated heterocycles. The molecule has 34 heavy (non-hydrogen) atoms. The van der Waals surface area contributed by atoms with Gasteiger partial charge in [-0.2, -0.15) is 0 Å². The van der Waals surface area contributed by atoms with Gasteiger partial charge in [0.2, 0.25) is 0 Å². The van der Waals surface area contributed by atoms with Gasteiger partial charge in [-0.1, -0.05) is 15.9 Å².